The number of carbonyl (C=O) groups excluding carboxylic acids is 3. The maximum absolute atomic E-state index is 12.2. The highest BCUT2D eigenvalue weighted by Gasteiger charge is 2.37. The smallest absolute Gasteiger partial charge is 0.262 e. The Labute approximate surface area is 135 Å². The Balaban J connectivity index is 0.00000242. The molecule has 0 bridgehead atoms. The lowest BCUT2D eigenvalue weighted by Gasteiger charge is -2.25. The zero-order chi connectivity index (χ0) is 15.8. The molecule has 7 heteroatoms. The molecular formula is C15H20ClN3O3. The third-order valence-corrected chi connectivity index (χ3v) is 3.42. The molecular weight excluding hydrogens is 306 g/mol. The first-order chi connectivity index (χ1) is 9.75. The van der Waals surface area contributed by atoms with Gasteiger partial charge in [0.05, 0.1) is 11.1 Å². The summed E-state index contributed by atoms with van der Waals surface area (Å²) >= 11 is 0. The zero-order valence-electron chi connectivity index (χ0n) is 12.8. The molecule has 120 valence electrons. The summed E-state index contributed by atoms with van der Waals surface area (Å²) in [6.45, 7) is 5.36. The first kappa shape index (κ1) is 18.1. The van der Waals surface area contributed by atoms with E-state index in [1.807, 2.05) is 6.92 Å². The minimum atomic E-state index is -0.577. The fourth-order valence-electron chi connectivity index (χ4n) is 2.16. The van der Waals surface area contributed by atoms with Gasteiger partial charge in [-0.1, -0.05) is 11.6 Å². The van der Waals surface area contributed by atoms with Crippen molar-refractivity contribution in [2.45, 2.75) is 26.3 Å². The van der Waals surface area contributed by atoms with Crippen LogP contribution in [0.2, 0.25) is 0 Å². The number of halogens is 1. The van der Waals surface area contributed by atoms with Crippen LogP contribution in [-0.2, 0) is 4.79 Å². The van der Waals surface area contributed by atoms with Gasteiger partial charge in [-0.3, -0.25) is 19.3 Å². The third-order valence-electron chi connectivity index (χ3n) is 3.42. The monoisotopic (exact) mass is 325 g/mol. The fraction of sp³-hybridized carbons (Fsp3) is 0.400. The highest BCUT2D eigenvalue weighted by molar-refractivity contribution is 6.22. The molecule has 1 aromatic carbocycles. The van der Waals surface area contributed by atoms with Crippen molar-refractivity contribution in [3.63, 3.8) is 0 Å². The summed E-state index contributed by atoms with van der Waals surface area (Å²) in [5.41, 5.74) is 6.55. The first-order valence-corrected chi connectivity index (χ1v) is 6.73. The van der Waals surface area contributed by atoms with Crippen molar-refractivity contribution >= 4 is 30.1 Å². The predicted octanol–water partition coefficient (Wildman–Crippen LogP) is 0.866. The molecule has 0 radical (unpaired) electrons. The maximum atomic E-state index is 12.2. The van der Waals surface area contributed by atoms with E-state index in [9.17, 15) is 14.4 Å². The summed E-state index contributed by atoms with van der Waals surface area (Å²) in [6, 6.07) is 5.05. The van der Waals surface area contributed by atoms with E-state index >= 15 is 0 Å². The topological polar surface area (TPSA) is 92.5 Å². The van der Waals surface area contributed by atoms with Crippen LogP contribution in [0.25, 0.3) is 0 Å². The van der Waals surface area contributed by atoms with Crippen LogP contribution < -0.4 is 11.1 Å². The average Bonchev–Trinajstić information content (AvgIpc) is 2.63. The molecule has 0 spiro atoms. The normalized spacial score (nSPS) is 13.7. The molecule has 6 nitrogen and oxygen atoms in total. The molecule has 3 N–H and O–H groups in total. The number of amides is 3. The second kappa shape index (κ2) is 6.46. The Morgan fingerprint density at radius 2 is 1.82 bits per heavy atom. The number of hydrogen-bond acceptors (Lipinski definition) is 4. The van der Waals surface area contributed by atoms with Crippen LogP contribution in [0.1, 0.15) is 40.1 Å². The van der Waals surface area contributed by atoms with Gasteiger partial charge >= 0.3 is 0 Å². The van der Waals surface area contributed by atoms with Crippen LogP contribution in [-0.4, -0.2) is 41.2 Å². The number of nitrogens with zero attached hydrogens (tertiary/aromatic N) is 1. The molecule has 22 heavy (non-hydrogen) atoms. The minimum Gasteiger partial charge on any atom is -0.348 e. The average molecular weight is 326 g/mol. The van der Waals surface area contributed by atoms with Crippen LogP contribution in [0.5, 0.6) is 0 Å². The number of carbonyl (C=O) groups is 3. The second-order valence-electron chi connectivity index (χ2n) is 5.88. The summed E-state index contributed by atoms with van der Waals surface area (Å²) in [7, 11) is 0. The molecule has 1 aliphatic rings. The van der Waals surface area contributed by atoms with E-state index in [4.69, 9.17) is 5.73 Å². The zero-order valence-corrected chi connectivity index (χ0v) is 13.6. The van der Waals surface area contributed by atoms with Crippen LogP contribution in [0, 0.1) is 6.92 Å². The summed E-state index contributed by atoms with van der Waals surface area (Å²) in [5, 5.41) is 2.70. The lowest BCUT2D eigenvalue weighted by molar-refractivity contribution is -0.122. The van der Waals surface area contributed by atoms with Gasteiger partial charge in [0.15, 0.2) is 0 Å². The number of hydrogen-bond donors (Lipinski definition) is 2. The molecule has 3 amide bonds. The van der Waals surface area contributed by atoms with Crippen molar-refractivity contribution in [3.05, 3.63) is 34.9 Å². The van der Waals surface area contributed by atoms with Gasteiger partial charge in [-0.25, -0.2) is 0 Å². The predicted molar refractivity (Wildman–Crippen MR) is 85.1 cm³/mol. The van der Waals surface area contributed by atoms with Crippen LogP contribution in [0.4, 0.5) is 0 Å². The highest BCUT2D eigenvalue weighted by atomic mass is 35.5. The molecule has 1 heterocycles. The van der Waals surface area contributed by atoms with E-state index < -0.39 is 23.3 Å². The van der Waals surface area contributed by atoms with Crippen molar-refractivity contribution < 1.29 is 14.4 Å². The number of imide groups is 1. The Bertz CT molecular complexity index is 628. The number of rotatable bonds is 4. The van der Waals surface area contributed by atoms with Crippen molar-refractivity contribution in [2.75, 3.05) is 13.1 Å². The van der Waals surface area contributed by atoms with Crippen molar-refractivity contribution in [1.82, 2.24) is 10.2 Å². The fourth-order valence-corrected chi connectivity index (χ4v) is 2.16. The number of nitrogens with two attached hydrogens (primary N) is 1. The molecule has 0 saturated heterocycles. The molecule has 0 unspecified atom stereocenters. The molecule has 1 aliphatic heterocycles. The SMILES string of the molecule is Cc1ccc2c(c1)C(=O)N(CC(=O)NC(C)(C)CN)C2=O.Cl. The number of benzene rings is 1. The first-order valence-electron chi connectivity index (χ1n) is 6.73. The third kappa shape index (κ3) is 3.45. The summed E-state index contributed by atoms with van der Waals surface area (Å²) in [4.78, 5) is 37.4. The highest BCUT2D eigenvalue weighted by Crippen LogP contribution is 2.23. The van der Waals surface area contributed by atoms with Crippen molar-refractivity contribution in [3.8, 4) is 0 Å². The van der Waals surface area contributed by atoms with E-state index in [0.717, 1.165) is 10.5 Å². The molecule has 0 aliphatic carbocycles. The van der Waals surface area contributed by atoms with Crippen molar-refractivity contribution in [1.29, 1.82) is 0 Å². The van der Waals surface area contributed by atoms with E-state index in [1.165, 1.54) is 0 Å². The van der Waals surface area contributed by atoms with Gasteiger partial charge in [-0.2, -0.15) is 0 Å². The van der Waals surface area contributed by atoms with Gasteiger partial charge in [0.25, 0.3) is 11.8 Å². The Morgan fingerprint density at radius 1 is 1.23 bits per heavy atom. The van der Waals surface area contributed by atoms with E-state index in [0.29, 0.717) is 11.1 Å². The molecule has 1 aromatic rings. The minimum absolute atomic E-state index is 0. The molecule has 2 rings (SSSR count). The lowest BCUT2D eigenvalue weighted by Crippen LogP contribution is -2.52. The Kier molecular flexibility index (Phi) is 5.32. The second-order valence-corrected chi connectivity index (χ2v) is 5.88. The Hall–Kier alpha value is -1.92. The number of fused-ring (bicyclic) bond motifs is 1. The maximum Gasteiger partial charge on any atom is 0.262 e. The van der Waals surface area contributed by atoms with Crippen LogP contribution in [0.15, 0.2) is 18.2 Å². The molecule has 0 aromatic heterocycles. The summed E-state index contributed by atoms with van der Waals surface area (Å²) < 4.78 is 0. The van der Waals surface area contributed by atoms with Gasteiger partial charge in [0, 0.05) is 12.1 Å². The standard InChI is InChI=1S/C15H19N3O3.ClH/c1-9-4-5-10-11(6-9)14(21)18(13(10)20)7-12(19)17-15(2,3)8-16;/h4-6H,7-8,16H2,1-3H3,(H,17,19);1H. The summed E-state index contributed by atoms with van der Waals surface area (Å²) in [6.07, 6.45) is 0. The van der Waals surface area contributed by atoms with Gasteiger partial charge in [-0.05, 0) is 32.9 Å². The van der Waals surface area contributed by atoms with Gasteiger partial charge in [0.2, 0.25) is 5.91 Å². The largest absolute Gasteiger partial charge is 0.348 e. The van der Waals surface area contributed by atoms with Gasteiger partial charge in [0.1, 0.15) is 6.54 Å². The van der Waals surface area contributed by atoms with Gasteiger partial charge < -0.3 is 11.1 Å². The summed E-state index contributed by atoms with van der Waals surface area (Å²) in [5.74, 6) is -1.27. The van der Waals surface area contributed by atoms with Crippen molar-refractivity contribution in [2.24, 2.45) is 5.73 Å². The molecule has 0 fully saturated rings. The van der Waals surface area contributed by atoms with E-state index in [-0.39, 0.29) is 25.5 Å². The quantitative estimate of drug-likeness (QED) is 0.803. The lowest BCUT2D eigenvalue weighted by atomic mass is 10.1. The molecule has 0 atom stereocenters. The number of aryl methyl sites for hydroxylation is 1. The number of nitrogens with one attached hydrogen (secondary N) is 1. The van der Waals surface area contributed by atoms with Gasteiger partial charge in [-0.15, -0.1) is 12.4 Å². The molecule has 0 saturated carbocycles. The van der Waals surface area contributed by atoms with Crippen LogP contribution >= 0.6 is 12.4 Å². The van der Waals surface area contributed by atoms with E-state index in [1.54, 1.807) is 32.0 Å². The van der Waals surface area contributed by atoms with E-state index in [2.05, 4.69) is 5.32 Å². The van der Waals surface area contributed by atoms with Crippen LogP contribution in [0.3, 0.4) is 0 Å². The Morgan fingerprint density at radius 3 is 2.41 bits per heavy atom.